The number of benzene rings is 1. The monoisotopic (exact) mass is 310 g/mol. The van der Waals surface area contributed by atoms with Crippen LogP contribution in [0.25, 0.3) is 5.69 Å². The highest BCUT2D eigenvalue weighted by molar-refractivity contribution is 6.30. The van der Waals surface area contributed by atoms with Gasteiger partial charge in [-0.2, -0.15) is 5.10 Å². The van der Waals surface area contributed by atoms with Crippen molar-refractivity contribution in [1.82, 2.24) is 9.78 Å². The van der Waals surface area contributed by atoms with E-state index < -0.39 is 22.9 Å². The molecule has 5 nitrogen and oxygen atoms in total. The number of carboxylic acid groups (broad SMARTS) is 1. The lowest BCUT2D eigenvalue weighted by atomic mass is 10.0. The van der Waals surface area contributed by atoms with Gasteiger partial charge in [-0.25, -0.2) is 13.9 Å². The molecule has 0 radical (unpaired) electrons. The summed E-state index contributed by atoms with van der Waals surface area (Å²) in [5.41, 5.74) is -0.668. The summed E-state index contributed by atoms with van der Waals surface area (Å²) >= 11 is 5.61. The Kier molecular flexibility index (Phi) is 4.09. The van der Waals surface area contributed by atoms with Gasteiger partial charge in [0, 0.05) is 17.8 Å². The molecule has 2 rings (SSSR count). The van der Waals surface area contributed by atoms with Crippen LogP contribution >= 0.6 is 11.6 Å². The lowest BCUT2D eigenvalue weighted by molar-refractivity contribution is 0.0686. The molecule has 1 heterocycles. The quantitative estimate of drug-likeness (QED) is 0.946. The fraction of sp³-hybridized carbons (Fsp3) is 0.214. The van der Waals surface area contributed by atoms with Gasteiger partial charge in [-0.15, -0.1) is 0 Å². The molecule has 0 aliphatic heterocycles. The maximum absolute atomic E-state index is 13.5. The number of hydrogen-bond donors (Lipinski definition) is 1. The summed E-state index contributed by atoms with van der Waals surface area (Å²) in [5, 5.41) is 12.8. The molecule has 0 aliphatic rings. The molecule has 1 aromatic carbocycles. The Bertz CT molecular complexity index is 771. The van der Waals surface area contributed by atoms with E-state index in [9.17, 15) is 14.0 Å². The van der Waals surface area contributed by atoms with Crippen molar-refractivity contribution in [3.63, 3.8) is 0 Å². The molecule has 0 unspecified atom stereocenters. The molecule has 1 N–H and O–H groups in total. The lowest BCUT2D eigenvalue weighted by Crippen LogP contribution is -2.25. The zero-order chi connectivity index (χ0) is 15.7. The van der Waals surface area contributed by atoms with Crippen LogP contribution < -0.4 is 5.43 Å². The second kappa shape index (κ2) is 5.65. The number of aromatic carboxylic acids is 1. The van der Waals surface area contributed by atoms with Gasteiger partial charge in [-0.05, 0) is 18.1 Å². The van der Waals surface area contributed by atoms with Crippen LogP contribution in [0.1, 0.15) is 35.8 Å². The molecule has 0 aliphatic carbocycles. The highest BCUT2D eigenvalue weighted by atomic mass is 35.5. The maximum atomic E-state index is 13.5. The van der Waals surface area contributed by atoms with E-state index in [0.29, 0.717) is 0 Å². The van der Waals surface area contributed by atoms with E-state index in [0.717, 1.165) is 6.07 Å². The van der Waals surface area contributed by atoms with E-state index in [2.05, 4.69) is 5.10 Å². The Morgan fingerprint density at radius 1 is 1.43 bits per heavy atom. The highest BCUT2D eigenvalue weighted by Gasteiger charge is 2.18. The van der Waals surface area contributed by atoms with E-state index in [-0.39, 0.29) is 22.2 Å². The molecule has 0 fully saturated rings. The molecule has 21 heavy (non-hydrogen) atoms. The number of aromatic nitrogens is 2. The molecule has 110 valence electrons. The summed E-state index contributed by atoms with van der Waals surface area (Å²) in [5.74, 6) is -2.27. The summed E-state index contributed by atoms with van der Waals surface area (Å²) in [6.45, 7) is 3.52. The molecule has 0 bridgehead atoms. The van der Waals surface area contributed by atoms with Crippen molar-refractivity contribution in [3.05, 3.63) is 56.7 Å². The van der Waals surface area contributed by atoms with Gasteiger partial charge in [0.15, 0.2) is 0 Å². The minimum absolute atomic E-state index is 0.0534. The van der Waals surface area contributed by atoms with Crippen LogP contribution in [0.5, 0.6) is 0 Å². The van der Waals surface area contributed by atoms with Crippen molar-refractivity contribution in [2.24, 2.45) is 0 Å². The smallest absolute Gasteiger partial charge is 0.360 e. The Morgan fingerprint density at radius 3 is 2.62 bits per heavy atom. The van der Waals surface area contributed by atoms with Gasteiger partial charge in [-0.3, -0.25) is 4.79 Å². The number of halogens is 2. The van der Waals surface area contributed by atoms with Gasteiger partial charge in [0.05, 0.1) is 10.7 Å². The van der Waals surface area contributed by atoms with E-state index in [1.54, 1.807) is 13.8 Å². The number of carbonyl (C=O) groups is 1. The molecule has 1 aromatic heterocycles. The van der Waals surface area contributed by atoms with E-state index in [1.165, 1.54) is 23.0 Å². The zero-order valence-corrected chi connectivity index (χ0v) is 12.1. The first-order valence-corrected chi connectivity index (χ1v) is 6.51. The minimum Gasteiger partial charge on any atom is -0.476 e. The molecule has 7 heteroatoms. The first kappa shape index (κ1) is 15.2. The van der Waals surface area contributed by atoms with Crippen LogP contribution in [0.15, 0.2) is 29.2 Å². The van der Waals surface area contributed by atoms with Gasteiger partial charge in [-0.1, -0.05) is 25.4 Å². The Labute approximate surface area is 124 Å². The largest absolute Gasteiger partial charge is 0.476 e. The standard InChI is InChI=1S/C14H12ClFN2O3/c1-7(2)9-6-18(17-12(13(9)19)14(20)21)8-3-4-10(15)11(16)5-8/h3-7H,1-2H3,(H,20,21). The van der Waals surface area contributed by atoms with E-state index in [1.807, 2.05) is 0 Å². The third-order valence-corrected chi connectivity index (χ3v) is 3.25. The van der Waals surface area contributed by atoms with E-state index >= 15 is 0 Å². The summed E-state index contributed by atoms with van der Waals surface area (Å²) < 4.78 is 14.7. The predicted octanol–water partition coefficient (Wildman–Crippen LogP) is 2.85. The summed E-state index contributed by atoms with van der Waals surface area (Å²) in [6, 6.07) is 3.94. The second-order valence-corrected chi connectivity index (χ2v) is 5.17. The Balaban J connectivity index is 2.71. The van der Waals surface area contributed by atoms with Crippen LogP contribution in [0.2, 0.25) is 5.02 Å². The van der Waals surface area contributed by atoms with E-state index in [4.69, 9.17) is 16.7 Å². The number of hydrogen-bond acceptors (Lipinski definition) is 3. The van der Waals surface area contributed by atoms with Crippen LogP contribution in [-0.2, 0) is 0 Å². The summed E-state index contributed by atoms with van der Waals surface area (Å²) in [6.07, 6.45) is 1.40. The zero-order valence-electron chi connectivity index (χ0n) is 11.3. The first-order valence-electron chi connectivity index (χ1n) is 6.14. The molecule has 0 atom stereocenters. The number of nitrogens with zero attached hydrogens (tertiary/aromatic N) is 2. The third-order valence-electron chi connectivity index (χ3n) is 2.94. The minimum atomic E-state index is -1.43. The van der Waals surface area contributed by atoms with Gasteiger partial charge in [0.1, 0.15) is 5.82 Å². The average Bonchev–Trinajstić information content (AvgIpc) is 2.41. The van der Waals surface area contributed by atoms with Crippen molar-refractivity contribution in [2.75, 3.05) is 0 Å². The summed E-state index contributed by atoms with van der Waals surface area (Å²) in [4.78, 5) is 23.1. The molecular formula is C14H12ClFN2O3. The SMILES string of the molecule is CC(C)c1cn(-c2ccc(Cl)c(F)c2)nc(C(=O)O)c1=O. The van der Waals surface area contributed by atoms with Crippen molar-refractivity contribution in [2.45, 2.75) is 19.8 Å². The highest BCUT2D eigenvalue weighted by Crippen LogP contribution is 2.19. The van der Waals surface area contributed by atoms with Gasteiger partial charge >= 0.3 is 5.97 Å². The fourth-order valence-electron chi connectivity index (χ4n) is 1.82. The molecule has 0 spiro atoms. The van der Waals surface area contributed by atoms with Gasteiger partial charge in [0.2, 0.25) is 11.1 Å². The average molecular weight is 311 g/mol. The fourth-order valence-corrected chi connectivity index (χ4v) is 1.94. The van der Waals surface area contributed by atoms with Gasteiger partial charge in [0.25, 0.3) is 0 Å². The molecule has 0 amide bonds. The first-order chi connectivity index (χ1) is 9.81. The van der Waals surface area contributed by atoms with Crippen molar-refractivity contribution >= 4 is 17.6 Å². The van der Waals surface area contributed by atoms with Crippen molar-refractivity contribution in [1.29, 1.82) is 0 Å². The number of rotatable bonds is 3. The molecule has 0 saturated carbocycles. The van der Waals surface area contributed by atoms with Crippen LogP contribution in [-0.4, -0.2) is 20.9 Å². The van der Waals surface area contributed by atoms with Crippen LogP contribution in [0.4, 0.5) is 4.39 Å². The second-order valence-electron chi connectivity index (χ2n) is 4.77. The van der Waals surface area contributed by atoms with Crippen molar-refractivity contribution in [3.8, 4) is 5.69 Å². The molecule has 2 aromatic rings. The topological polar surface area (TPSA) is 72.2 Å². The van der Waals surface area contributed by atoms with Crippen LogP contribution in [0, 0.1) is 5.82 Å². The molecular weight excluding hydrogens is 299 g/mol. The Hall–Kier alpha value is -2.21. The van der Waals surface area contributed by atoms with Crippen LogP contribution in [0.3, 0.4) is 0 Å². The van der Waals surface area contributed by atoms with Crippen molar-refractivity contribution < 1.29 is 14.3 Å². The lowest BCUT2D eigenvalue weighted by Gasteiger charge is -2.11. The third kappa shape index (κ3) is 2.95. The maximum Gasteiger partial charge on any atom is 0.360 e. The molecule has 0 saturated heterocycles. The summed E-state index contributed by atoms with van der Waals surface area (Å²) in [7, 11) is 0. The predicted molar refractivity (Wildman–Crippen MR) is 75.9 cm³/mol. The normalized spacial score (nSPS) is 10.9. The number of carboxylic acids is 1. The Morgan fingerprint density at radius 2 is 2.10 bits per heavy atom. The van der Waals surface area contributed by atoms with Gasteiger partial charge < -0.3 is 5.11 Å².